The fourth-order valence-electron chi connectivity index (χ4n) is 1.05. The second kappa shape index (κ2) is 4.94. The monoisotopic (exact) mass is 200 g/mol. The first-order valence-electron chi connectivity index (χ1n) is 4.62. The van der Waals surface area contributed by atoms with Crippen LogP contribution >= 0.6 is 0 Å². The van der Waals surface area contributed by atoms with E-state index in [1.807, 2.05) is 0 Å². The Bertz CT molecular complexity index is 297. The first-order chi connectivity index (χ1) is 6.59. The Hall–Kier alpha value is -1.12. The Kier molecular flexibility index (Phi) is 3.86. The van der Waals surface area contributed by atoms with Gasteiger partial charge in [-0.25, -0.2) is 8.78 Å². The van der Waals surface area contributed by atoms with Crippen LogP contribution in [0.2, 0.25) is 0 Å². The van der Waals surface area contributed by atoms with Gasteiger partial charge in [-0.05, 0) is 31.5 Å². The van der Waals surface area contributed by atoms with E-state index in [4.69, 9.17) is 4.74 Å². The molecule has 1 aromatic rings. The third-order valence-electron chi connectivity index (χ3n) is 1.86. The SMILES string of the molecule is Cc1ccc(OCCC(C)F)c(F)c1. The van der Waals surface area contributed by atoms with Gasteiger partial charge in [-0.2, -0.15) is 0 Å². The van der Waals surface area contributed by atoms with Gasteiger partial charge in [0, 0.05) is 6.42 Å². The second-order valence-electron chi connectivity index (χ2n) is 3.35. The van der Waals surface area contributed by atoms with Crippen molar-refractivity contribution >= 4 is 0 Å². The highest BCUT2D eigenvalue weighted by Crippen LogP contribution is 2.18. The van der Waals surface area contributed by atoms with Gasteiger partial charge in [-0.3, -0.25) is 0 Å². The molecule has 1 atom stereocenters. The fourth-order valence-corrected chi connectivity index (χ4v) is 1.05. The van der Waals surface area contributed by atoms with E-state index in [1.165, 1.54) is 13.0 Å². The highest BCUT2D eigenvalue weighted by molar-refractivity contribution is 5.28. The number of alkyl halides is 1. The molecule has 1 rings (SSSR count). The quantitative estimate of drug-likeness (QED) is 0.724. The standard InChI is InChI=1S/C11H14F2O/c1-8-3-4-11(10(13)7-8)14-6-5-9(2)12/h3-4,7,9H,5-6H2,1-2H3. The molecule has 0 saturated carbocycles. The maximum Gasteiger partial charge on any atom is 0.165 e. The van der Waals surface area contributed by atoms with Crippen molar-refractivity contribution in [3.8, 4) is 5.75 Å². The molecule has 0 heterocycles. The van der Waals surface area contributed by atoms with Crippen LogP contribution in [0.4, 0.5) is 8.78 Å². The van der Waals surface area contributed by atoms with E-state index in [0.717, 1.165) is 5.56 Å². The third-order valence-corrected chi connectivity index (χ3v) is 1.86. The Balaban J connectivity index is 2.51. The third kappa shape index (κ3) is 3.32. The second-order valence-corrected chi connectivity index (χ2v) is 3.35. The van der Waals surface area contributed by atoms with Gasteiger partial charge in [-0.1, -0.05) is 6.07 Å². The summed E-state index contributed by atoms with van der Waals surface area (Å²) in [5.74, 6) is -0.201. The molecule has 1 unspecified atom stereocenters. The minimum absolute atomic E-state index is 0.191. The van der Waals surface area contributed by atoms with Crippen LogP contribution in [0.1, 0.15) is 18.9 Å². The average Bonchev–Trinajstić information content (AvgIpc) is 2.08. The van der Waals surface area contributed by atoms with Crippen LogP contribution in [-0.4, -0.2) is 12.8 Å². The molecule has 0 aliphatic rings. The lowest BCUT2D eigenvalue weighted by Gasteiger charge is -2.07. The van der Waals surface area contributed by atoms with Gasteiger partial charge < -0.3 is 4.74 Å². The molecule has 1 nitrogen and oxygen atoms in total. The first kappa shape index (κ1) is 11.0. The van der Waals surface area contributed by atoms with E-state index < -0.39 is 12.0 Å². The lowest BCUT2D eigenvalue weighted by molar-refractivity contribution is 0.240. The number of ether oxygens (including phenoxy) is 1. The maximum atomic E-state index is 13.2. The van der Waals surface area contributed by atoms with E-state index in [2.05, 4.69) is 0 Å². The van der Waals surface area contributed by atoms with Crippen LogP contribution in [0, 0.1) is 12.7 Å². The topological polar surface area (TPSA) is 9.23 Å². The number of halogens is 2. The summed E-state index contributed by atoms with van der Waals surface area (Å²) in [6.45, 7) is 3.46. The first-order valence-corrected chi connectivity index (χ1v) is 4.62. The highest BCUT2D eigenvalue weighted by atomic mass is 19.1. The number of aryl methyl sites for hydroxylation is 1. The van der Waals surface area contributed by atoms with Gasteiger partial charge in [-0.15, -0.1) is 0 Å². The predicted molar refractivity (Wildman–Crippen MR) is 51.8 cm³/mol. The molecule has 0 radical (unpaired) electrons. The van der Waals surface area contributed by atoms with Gasteiger partial charge in [0.1, 0.15) is 6.17 Å². The molecule has 0 saturated heterocycles. The number of hydrogen-bond donors (Lipinski definition) is 0. The maximum absolute atomic E-state index is 13.2. The molecule has 0 bridgehead atoms. The summed E-state index contributed by atoms with van der Waals surface area (Å²) in [5.41, 5.74) is 0.841. The van der Waals surface area contributed by atoms with E-state index in [1.54, 1.807) is 19.1 Å². The Morgan fingerprint density at radius 1 is 1.43 bits per heavy atom. The summed E-state index contributed by atoms with van der Waals surface area (Å²) in [7, 11) is 0. The minimum Gasteiger partial charge on any atom is -0.490 e. The lowest BCUT2D eigenvalue weighted by Crippen LogP contribution is -2.04. The molecule has 3 heteroatoms. The molecule has 0 amide bonds. The molecule has 0 aliphatic carbocycles. The Morgan fingerprint density at radius 3 is 2.71 bits per heavy atom. The zero-order valence-electron chi connectivity index (χ0n) is 8.39. The van der Waals surface area contributed by atoms with Crippen LogP contribution in [-0.2, 0) is 0 Å². The summed E-state index contributed by atoms with van der Waals surface area (Å²) in [5, 5.41) is 0. The number of hydrogen-bond acceptors (Lipinski definition) is 1. The van der Waals surface area contributed by atoms with Crippen molar-refractivity contribution in [2.24, 2.45) is 0 Å². The van der Waals surface area contributed by atoms with Gasteiger partial charge in [0.15, 0.2) is 11.6 Å². The van der Waals surface area contributed by atoms with E-state index in [9.17, 15) is 8.78 Å². The zero-order valence-corrected chi connectivity index (χ0v) is 8.39. The molecule has 14 heavy (non-hydrogen) atoms. The van der Waals surface area contributed by atoms with Crippen LogP contribution in [0.15, 0.2) is 18.2 Å². The largest absolute Gasteiger partial charge is 0.490 e. The van der Waals surface area contributed by atoms with Gasteiger partial charge in [0.25, 0.3) is 0 Å². The van der Waals surface area contributed by atoms with Crippen molar-refractivity contribution in [2.75, 3.05) is 6.61 Å². The van der Waals surface area contributed by atoms with E-state index in [0.29, 0.717) is 0 Å². The van der Waals surface area contributed by atoms with Crippen LogP contribution in [0.25, 0.3) is 0 Å². The molecule has 1 aromatic carbocycles. The predicted octanol–water partition coefficient (Wildman–Crippen LogP) is 3.26. The van der Waals surface area contributed by atoms with Crippen molar-refractivity contribution in [3.63, 3.8) is 0 Å². The molecule has 0 spiro atoms. The summed E-state index contributed by atoms with van der Waals surface area (Å²) in [4.78, 5) is 0. The Morgan fingerprint density at radius 2 is 2.14 bits per heavy atom. The minimum atomic E-state index is -0.913. The van der Waals surface area contributed by atoms with Crippen molar-refractivity contribution in [1.29, 1.82) is 0 Å². The van der Waals surface area contributed by atoms with Crippen LogP contribution in [0.5, 0.6) is 5.75 Å². The number of rotatable bonds is 4. The zero-order chi connectivity index (χ0) is 10.6. The molecule has 0 fully saturated rings. The smallest absolute Gasteiger partial charge is 0.165 e. The highest BCUT2D eigenvalue weighted by Gasteiger charge is 2.04. The van der Waals surface area contributed by atoms with Crippen LogP contribution < -0.4 is 4.74 Å². The molecule has 0 N–H and O–H groups in total. The van der Waals surface area contributed by atoms with Crippen molar-refractivity contribution in [3.05, 3.63) is 29.6 Å². The summed E-state index contributed by atoms with van der Waals surface area (Å²) >= 11 is 0. The number of benzene rings is 1. The summed E-state index contributed by atoms with van der Waals surface area (Å²) in [6, 6.07) is 4.72. The Labute approximate surface area is 82.7 Å². The molecular weight excluding hydrogens is 186 g/mol. The summed E-state index contributed by atoms with van der Waals surface area (Å²) in [6.07, 6.45) is -0.628. The van der Waals surface area contributed by atoms with Gasteiger partial charge in [0.05, 0.1) is 6.61 Å². The molecule has 0 aromatic heterocycles. The average molecular weight is 200 g/mol. The normalized spacial score (nSPS) is 12.6. The fraction of sp³-hybridized carbons (Fsp3) is 0.455. The van der Waals surface area contributed by atoms with Crippen molar-refractivity contribution in [1.82, 2.24) is 0 Å². The van der Waals surface area contributed by atoms with Gasteiger partial charge in [0.2, 0.25) is 0 Å². The van der Waals surface area contributed by atoms with E-state index >= 15 is 0 Å². The lowest BCUT2D eigenvalue weighted by atomic mass is 10.2. The van der Waals surface area contributed by atoms with Crippen LogP contribution in [0.3, 0.4) is 0 Å². The van der Waals surface area contributed by atoms with E-state index in [-0.39, 0.29) is 18.8 Å². The van der Waals surface area contributed by atoms with Crippen molar-refractivity contribution < 1.29 is 13.5 Å². The molecular formula is C11H14F2O. The van der Waals surface area contributed by atoms with Crippen molar-refractivity contribution in [2.45, 2.75) is 26.4 Å². The summed E-state index contributed by atoms with van der Waals surface area (Å²) < 4.78 is 30.6. The molecule has 0 aliphatic heterocycles. The van der Waals surface area contributed by atoms with Gasteiger partial charge >= 0.3 is 0 Å². The molecule has 78 valence electrons.